The van der Waals surface area contributed by atoms with Gasteiger partial charge >= 0.3 is 0 Å². The molecule has 1 N–H and O–H groups in total. The van der Waals surface area contributed by atoms with Crippen LogP contribution < -0.4 is 5.32 Å². The van der Waals surface area contributed by atoms with Crippen molar-refractivity contribution in [1.82, 2.24) is 10.2 Å². The van der Waals surface area contributed by atoms with E-state index < -0.39 is 0 Å². The van der Waals surface area contributed by atoms with E-state index in [0.29, 0.717) is 12.6 Å². The summed E-state index contributed by atoms with van der Waals surface area (Å²) in [7, 11) is 0. The van der Waals surface area contributed by atoms with Crippen LogP contribution in [0.4, 0.5) is 0 Å². The lowest BCUT2D eigenvalue weighted by Gasteiger charge is -2.16. The molecule has 0 aromatic heterocycles. The van der Waals surface area contributed by atoms with Gasteiger partial charge in [-0.25, -0.2) is 0 Å². The van der Waals surface area contributed by atoms with Crippen LogP contribution in [0, 0.1) is 18.3 Å². The third-order valence-corrected chi connectivity index (χ3v) is 3.23. The maximum absolute atomic E-state index is 8.53. The summed E-state index contributed by atoms with van der Waals surface area (Å²) in [6, 6.07) is 11.3. The number of rotatable bonds is 4. The van der Waals surface area contributed by atoms with Crippen LogP contribution in [0.3, 0.4) is 0 Å². The van der Waals surface area contributed by atoms with Gasteiger partial charge in [-0.2, -0.15) is 5.26 Å². The Morgan fingerprint density at radius 1 is 1.53 bits per heavy atom. The molecule has 2 rings (SSSR count). The smallest absolute Gasteiger partial charge is 0.0843 e. The molecule has 1 aromatic carbocycles. The van der Waals surface area contributed by atoms with Gasteiger partial charge < -0.3 is 5.32 Å². The van der Waals surface area contributed by atoms with E-state index in [9.17, 15) is 0 Å². The number of likely N-dealkylation sites (tertiary alicyclic amines) is 1. The van der Waals surface area contributed by atoms with Crippen molar-refractivity contribution in [3.05, 3.63) is 35.4 Å². The van der Waals surface area contributed by atoms with Crippen molar-refractivity contribution in [2.75, 3.05) is 19.6 Å². The molecular weight excluding hydrogens is 210 g/mol. The van der Waals surface area contributed by atoms with E-state index in [2.05, 4.69) is 47.5 Å². The number of nitrogens with zero attached hydrogens (tertiary/aromatic N) is 2. The third-order valence-electron chi connectivity index (χ3n) is 3.23. The van der Waals surface area contributed by atoms with E-state index in [1.54, 1.807) is 0 Å². The van der Waals surface area contributed by atoms with Gasteiger partial charge in [-0.3, -0.25) is 4.90 Å². The molecule has 1 saturated heterocycles. The molecule has 1 fully saturated rings. The zero-order valence-electron chi connectivity index (χ0n) is 10.3. The zero-order chi connectivity index (χ0) is 12.1. The van der Waals surface area contributed by atoms with E-state index in [1.165, 1.54) is 11.1 Å². The second-order valence-corrected chi connectivity index (χ2v) is 4.75. The van der Waals surface area contributed by atoms with E-state index in [4.69, 9.17) is 5.26 Å². The molecule has 0 amide bonds. The molecular formula is C14H19N3. The van der Waals surface area contributed by atoms with Gasteiger partial charge in [-0.15, -0.1) is 0 Å². The minimum absolute atomic E-state index is 0.461. The molecule has 0 radical (unpaired) electrons. The van der Waals surface area contributed by atoms with Gasteiger partial charge in [0.2, 0.25) is 0 Å². The Kier molecular flexibility index (Phi) is 4.13. The highest BCUT2D eigenvalue weighted by molar-refractivity contribution is 5.22. The molecule has 3 heteroatoms. The van der Waals surface area contributed by atoms with Gasteiger partial charge in [-0.1, -0.05) is 29.8 Å². The highest BCUT2D eigenvalue weighted by atomic mass is 15.2. The SMILES string of the molecule is Cc1cccc(CN2CCC(NCC#N)C2)c1. The van der Waals surface area contributed by atoms with Gasteiger partial charge in [0.1, 0.15) is 0 Å². The van der Waals surface area contributed by atoms with Gasteiger partial charge in [0.05, 0.1) is 12.6 Å². The largest absolute Gasteiger partial charge is 0.300 e. The van der Waals surface area contributed by atoms with Crippen LogP contribution in [-0.4, -0.2) is 30.6 Å². The lowest BCUT2D eigenvalue weighted by molar-refractivity contribution is 0.321. The van der Waals surface area contributed by atoms with Crippen molar-refractivity contribution in [3.8, 4) is 6.07 Å². The van der Waals surface area contributed by atoms with Gasteiger partial charge in [0.15, 0.2) is 0 Å². The monoisotopic (exact) mass is 229 g/mol. The molecule has 0 aliphatic carbocycles. The van der Waals surface area contributed by atoms with E-state index in [-0.39, 0.29) is 0 Å². The van der Waals surface area contributed by atoms with Crippen LogP contribution in [0.25, 0.3) is 0 Å². The van der Waals surface area contributed by atoms with Gasteiger partial charge in [0.25, 0.3) is 0 Å². The van der Waals surface area contributed by atoms with Crippen molar-refractivity contribution in [3.63, 3.8) is 0 Å². The number of aryl methyl sites for hydroxylation is 1. The summed E-state index contributed by atoms with van der Waals surface area (Å²) < 4.78 is 0. The summed E-state index contributed by atoms with van der Waals surface area (Å²) in [5.74, 6) is 0. The Hall–Kier alpha value is -1.37. The predicted octanol–water partition coefficient (Wildman–Crippen LogP) is 1.68. The number of hydrogen-bond donors (Lipinski definition) is 1. The first-order chi connectivity index (χ1) is 8.28. The molecule has 1 atom stereocenters. The standard InChI is InChI=1S/C14H19N3/c1-12-3-2-4-13(9-12)10-17-8-5-14(11-17)16-7-6-15/h2-4,9,14,16H,5,7-8,10-11H2,1H3. The van der Waals surface area contributed by atoms with Crippen LogP contribution in [0.1, 0.15) is 17.5 Å². The molecule has 90 valence electrons. The zero-order valence-corrected chi connectivity index (χ0v) is 10.3. The van der Waals surface area contributed by atoms with E-state index in [0.717, 1.165) is 26.1 Å². The number of benzene rings is 1. The molecule has 1 aliphatic heterocycles. The Bertz CT molecular complexity index is 408. The quantitative estimate of drug-likeness (QED) is 0.798. The van der Waals surface area contributed by atoms with Crippen molar-refractivity contribution in [1.29, 1.82) is 5.26 Å². The van der Waals surface area contributed by atoms with Gasteiger partial charge in [0, 0.05) is 25.7 Å². The average Bonchev–Trinajstić information content (AvgIpc) is 2.74. The van der Waals surface area contributed by atoms with E-state index in [1.807, 2.05) is 0 Å². The summed E-state index contributed by atoms with van der Waals surface area (Å²) >= 11 is 0. The van der Waals surface area contributed by atoms with Crippen molar-refractivity contribution in [2.24, 2.45) is 0 Å². The molecule has 17 heavy (non-hydrogen) atoms. The van der Waals surface area contributed by atoms with Crippen LogP contribution in [0.2, 0.25) is 0 Å². The Morgan fingerprint density at radius 3 is 3.18 bits per heavy atom. The van der Waals surface area contributed by atoms with Crippen LogP contribution in [0.5, 0.6) is 0 Å². The second-order valence-electron chi connectivity index (χ2n) is 4.75. The summed E-state index contributed by atoms with van der Waals surface area (Å²) in [5, 5.41) is 11.8. The predicted molar refractivity (Wildman–Crippen MR) is 68.5 cm³/mol. The minimum atomic E-state index is 0.461. The fourth-order valence-electron chi connectivity index (χ4n) is 2.40. The molecule has 1 heterocycles. The summed E-state index contributed by atoms with van der Waals surface area (Å²) in [6.07, 6.45) is 1.15. The molecule has 1 aliphatic rings. The fraction of sp³-hybridized carbons (Fsp3) is 0.500. The van der Waals surface area contributed by atoms with Crippen LogP contribution in [-0.2, 0) is 6.54 Å². The molecule has 1 unspecified atom stereocenters. The number of nitrogens with one attached hydrogen (secondary N) is 1. The molecule has 0 spiro atoms. The van der Waals surface area contributed by atoms with Crippen molar-refractivity contribution >= 4 is 0 Å². The summed E-state index contributed by atoms with van der Waals surface area (Å²) in [4.78, 5) is 2.45. The Labute approximate surface area is 103 Å². The van der Waals surface area contributed by atoms with Crippen LogP contribution >= 0.6 is 0 Å². The highest BCUT2D eigenvalue weighted by Gasteiger charge is 2.21. The number of hydrogen-bond acceptors (Lipinski definition) is 3. The fourth-order valence-corrected chi connectivity index (χ4v) is 2.40. The topological polar surface area (TPSA) is 39.1 Å². The van der Waals surface area contributed by atoms with Crippen LogP contribution in [0.15, 0.2) is 24.3 Å². The molecule has 3 nitrogen and oxygen atoms in total. The molecule has 0 saturated carbocycles. The first-order valence-electron chi connectivity index (χ1n) is 6.16. The van der Waals surface area contributed by atoms with Crippen molar-refractivity contribution < 1.29 is 0 Å². The third kappa shape index (κ3) is 3.55. The second kappa shape index (κ2) is 5.81. The van der Waals surface area contributed by atoms with Gasteiger partial charge in [-0.05, 0) is 18.9 Å². The normalized spacial score (nSPS) is 20.4. The summed E-state index contributed by atoms with van der Waals surface area (Å²) in [6.45, 7) is 5.78. The maximum atomic E-state index is 8.53. The average molecular weight is 229 g/mol. The van der Waals surface area contributed by atoms with Crippen molar-refractivity contribution in [2.45, 2.75) is 25.9 Å². The maximum Gasteiger partial charge on any atom is 0.0843 e. The highest BCUT2D eigenvalue weighted by Crippen LogP contribution is 2.14. The lowest BCUT2D eigenvalue weighted by Crippen LogP contribution is -2.32. The molecule has 0 bridgehead atoms. The first kappa shape index (κ1) is 12.1. The first-order valence-corrected chi connectivity index (χ1v) is 6.16. The number of nitriles is 1. The minimum Gasteiger partial charge on any atom is -0.300 e. The Morgan fingerprint density at radius 2 is 2.41 bits per heavy atom. The lowest BCUT2D eigenvalue weighted by atomic mass is 10.1. The summed E-state index contributed by atoms with van der Waals surface area (Å²) in [5.41, 5.74) is 2.70. The molecule has 1 aromatic rings. The Balaban J connectivity index is 1.83. The van der Waals surface area contributed by atoms with E-state index >= 15 is 0 Å².